The predicted octanol–water partition coefficient (Wildman–Crippen LogP) is 5.77. The standard InChI is InChI=1S/C8H12.C6H6.BF4.Rh/c1-2-4-6-8-7-5-3-1;1-2-4-6-5-3-1;2-1(3,4)5;/h1-4H,5-8H2;1-6H;;/q;;-1;/p+1. The van der Waals surface area contributed by atoms with Crippen LogP contribution in [-0.2, 0) is 19.5 Å². The van der Waals surface area contributed by atoms with Crippen LogP contribution in [0.2, 0.25) is 0 Å². The first-order valence-electron chi connectivity index (χ1n) is 6.19. The van der Waals surface area contributed by atoms with Crippen molar-refractivity contribution >= 4 is 7.25 Å². The van der Waals surface area contributed by atoms with Crippen LogP contribution in [0.4, 0.5) is 17.3 Å². The Bertz CT molecular complexity index is 309. The molecule has 0 fully saturated rings. The van der Waals surface area contributed by atoms with Crippen LogP contribution in [0.25, 0.3) is 0 Å². The zero-order chi connectivity index (χ0) is 14.4. The van der Waals surface area contributed by atoms with Gasteiger partial charge in [-0.1, -0.05) is 60.7 Å². The molecule has 0 heterocycles. The van der Waals surface area contributed by atoms with Gasteiger partial charge in [0.25, 0.3) is 0 Å². The molecule has 2 rings (SSSR count). The van der Waals surface area contributed by atoms with E-state index in [0.29, 0.717) is 0 Å². The van der Waals surface area contributed by atoms with Gasteiger partial charge in [-0.2, -0.15) is 0 Å². The molecule has 1 aliphatic carbocycles. The van der Waals surface area contributed by atoms with Crippen LogP contribution < -0.4 is 0 Å². The van der Waals surface area contributed by atoms with Gasteiger partial charge in [0.15, 0.2) is 0 Å². The van der Waals surface area contributed by atoms with E-state index in [-0.39, 0.29) is 20.9 Å². The topological polar surface area (TPSA) is 0 Å². The molecular weight excluding hydrogens is 358 g/mol. The third-order valence-electron chi connectivity index (χ3n) is 2.04. The summed E-state index contributed by atoms with van der Waals surface area (Å²) in [6.45, 7) is 0. The van der Waals surface area contributed by atoms with Crippen LogP contribution in [0.1, 0.15) is 27.1 Å². The second-order valence-electron chi connectivity index (χ2n) is 3.79. The Kier molecular flexibility index (Phi) is 15.5. The van der Waals surface area contributed by atoms with Crippen LogP contribution in [0.15, 0.2) is 60.7 Å². The van der Waals surface area contributed by atoms with Crippen molar-refractivity contribution in [2.24, 2.45) is 0 Å². The molecule has 0 spiro atoms. The molecule has 0 aliphatic heterocycles. The average Bonchev–Trinajstić information content (AvgIpc) is 2.29. The first kappa shape index (κ1) is 21.4. The van der Waals surface area contributed by atoms with E-state index in [4.69, 9.17) is 0 Å². The van der Waals surface area contributed by atoms with E-state index in [2.05, 4.69) is 24.3 Å². The van der Waals surface area contributed by atoms with Gasteiger partial charge in [-0.05, 0) is 25.7 Å². The van der Waals surface area contributed by atoms with Crippen molar-refractivity contribution in [3.05, 3.63) is 60.7 Å². The molecule has 1 aliphatic rings. The van der Waals surface area contributed by atoms with Crippen molar-refractivity contribution < 1.29 is 38.2 Å². The van der Waals surface area contributed by atoms with Gasteiger partial charge in [-0.25, -0.2) is 0 Å². The van der Waals surface area contributed by atoms with Crippen molar-refractivity contribution in [1.29, 1.82) is 0 Å². The van der Waals surface area contributed by atoms with Crippen molar-refractivity contribution in [2.45, 2.75) is 25.7 Å². The zero-order valence-electron chi connectivity index (χ0n) is 12.0. The third kappa shape index (κ3) is 25.8. The Hall–Kier alpha value is -0.892. The number of halogens is 4. The molecule has 1 aromatic carbocycles. The molecule has 0 saturated heterocycles. The zero-order valence-corrected chi connectivity index (χ0v) is 12.7. The van der Waals surface area contributed by atoms with Crippen molar-refractivity contribution in [3.8, 4) is 0 Å². The van der Waals surface area contributed by atoms with Crippen molar-refractivity contribution in [1.82, 2.24) is 0 Å². The van der Waals surface area contributed by atoms with E-state index in [1.165, 1.54) is 25.7 Å². The maximum atomic E-state index is 9.75. The number of hydrogen-bond donors (Lipinski definition) is 0. The predicted molar refractivity (Wildman–Crippen MR) is 74.5 cm³/mol. The quantitative estimate of drug-likeness (QED) is 0.398. The third-order valence-corrected chi connectivity index (χ3v) is 2.04. The largest absolute Gasteiger partial charge is 1.00 e. The molecule has 20 heavy (non-hydrogen) atoms. The summed E-state index contributed by atoms with van der Waals surface area (Å²) < 4.78 is 39.0. The van der Waals surface area contributed by atoms with Gasteiger partial charge in [0.05, 0.1) is 0 Å². The van der Waals surface area contributed by atoms with Gasteiger partial charge in [0.2, 0.25) is 0 Å². The van der Waals surface area contributed by atoms with Gasteiger partial charge in [-0.3, -0.25) is 0 Å². The van der Waals surface area contributed by atoms with Crippen LogP contribution in [0.3, 0.4) is 0 Å². The summed E-state index contributed by atoms with van der Waals surface area (Å²) in [4.78, 5) is 0. The Morgan fingerprint density at radius 2 is 0.900 bits per heavy atom. The van der Waals surface area contributed by atoms with E-state index in [1.807, 2.05) is 36.4 Å². The van der Waals surface area contributed by atoms with E-state index in [1.54, 1.807) is 0 Å². The number of allylic oxidation sites excluding steroid dienone is 4. The molecule has 1 radical (unpaired) electrons. The number of hydrogen-bond acceptors (Lipinski definition) is 0. The molecule has 0 saturated carbocycles. The Morgan fingerprint density at radius 1 is 0.650 bits per heavy atom. The molecule has 115 valence electrons. The summed E-state index contributed by atoms with van der Waals surface area (Å²) in [6.07, 6.45) is 14.0. The summed E-state index contributed by atoms with van der Waals surface area (Å²) in [5, 5.41) is 0. The second-order valence-corrected chi connectivity index (χ2v) is 3.79. The molecular formula is C14H19BF4Rh. The summed E-state index contributed by atoms with van der Waals surface area (Å²) >= 11 is 0. The fourth-order valence-electron chi connectivity index (χ4n) is 1.26. The van der Waals surface area contributed by atoms with Gasteiger partial charge < -0.3 is 17.3 Å². The molecule has 0 N–H and O–H groups in total. The summed E-state index contributed by atoms with van der Waals surface area (Å²) in [5.41, 5.74) is 0. The van der Waals surface area contributed by atoms with Crippen LogP contribution in [0, 0.1) is 0 Å². The van der Waals surface area contributed by atoms with E-state index in [0.717, 1.165) is 0 Å². The minimum Gasteiger partial charge on any atom is -0.418 e. The first-order valence-corrected chi connectivity index (χ1v) is 6.19. The van der Waals surface area contributed by atoms with Gasteiger partial charge in [-0.15, -0.1) is 0 Å². The van der Waals surface area contributed by atoms with Crippen LogP contribution in [-0.4, -0.2) is 7.25 Å². The maximum absolute atomic E-state index is 9.75. The van der Waals surface area contributed by atoms with Crippen LogP contribution >= 0.6 is 0 Å². The SMILES string of the molecule is C1=CCCCCC=C1.F[B-](F)(F)F.[H+].[Rh].c1ccccc1. The molecule has 0 aromatic heterocycles. The molecule has 0 amide bonds. The molecule has 6 heteroatoms. The Morgan fingerprint density at radius 3 is 1.15 bits per heavy atom. The molecule has 0 atom stereocenters. The number of rotatable bonds is 0. The second kappa shape index (κ2) is 14.5. The smallest absolute Gasteiger partial charge is 0.418 e. The summed E-state index contributed by atoms with van der Waals surface area (Å²) in [6, 6.07) is 12.0. The van der Waals surface area contributed by atoms with Crippen molar-refractivity contribution in [3.63, 3.8) is 0 Å². The van der Waals surface area contributed by atoms with Gasteiger partial charge in [0.1, 0.15) is 0 Å². The summed E-state index contributed by atoms with van der Waals surface area (Å²) in [7, 11) is -6.00. The minimum absolute atomic E-state index is 0. The molecule has 0 nitrogen and oxygen atoms in total. The normalized spacial score (nSPS) is 13.4. The maximum Gasteiger partial charge on any atom is 1.00 e. The Labute approximate surface area is 132 Å². The minimum atomic E-state index is -6.00. The van der Waals surface area contributed by atoms with Gasteiger partial charge in [0, 0.05) is 19.5 Å². The van der Waals surface area contributed by atoms with Crippen LogP contribution in [0.5, 0.6) is 0 Å². The first-order chi connectivity index (χ1) is 9.00. The molecule has 0 bridgehead atoms. The van der Waals surface area contributed by atoms with Gasteiger partial charge >= 0.3 is 8.68 Å². The van der Waals surface area contributed by atoms with E-state index < -0.39 is 7.25 Å². The van der Waals surface area contributed by atoms with E-state index in [9.17, 15) is 17.3 Å². The molecule has 1 aromatic rings. The fourth-order valence-corrected chi connectivity index (χ4v) is 1.26. The monoisotopic (exact) mass is 377 g/mol. The molecule has 0 unspecified atom stereocenters. The number of benzene rings is 1. The van der Waals surface area contributed by atoms with Crippen molar-refractivity contribution in [2.75, 3.05) is 0 Å². The Balaban J connectivity index is -0.000000228. The average molecular weight is 377 g/mol. The summed E-state index contributed by atoms with van der Waals surface area (Å²) in [5.74, 6) is 0. The fraction of sp³-hybridized carbons (Fsp3) is 0.286. The van der Waals surface area contributed by atoms with E-state index >= 15 is 0 Å².